The Kier molecular flexibility index (Phi) is 6.86. The van der Waals surface area contributed by atoms with Crippen molar-refractivity contribution >= 4 is 11.6 Å². The molecular weight excluding hydrogens is 399 g/mol. The van der Waals surface area contributed by atoms with Gasteiger partial charge in [0.2, 0.25) is 5.88 Å². The van der Waals surface area contributed by atoms with Gasteiger partial charge in [0.15, 0.2) is 12.6 Å². The fourth-order valence-corrected chi connectivity index (χ4v) is 3.20. The molecular formula is C20H24F3N5O2. The van der Waals surface area contributed by atoms with Crippen molar-refractivity contribution in [2.24, 2.45) is 4.99 Å². The van der Waals surface area contributed by atoms with Gasteiger partial charge in [-0.05, 0) is 23.8 Å². The molecule has 30 heavy (non-hydrogen) atoms. The van der Waals surface area contributed by atoms with Crippen LogP contribution in [0.1, 0.15) is 5.56 Å². The fourth-order valence-electron chi connectivity index (χ4n) is 3.20. The van der Waals surface area contributed by atoms with Gasteiger partial charge in [-0.3, -0.25) is 4.99 Å². The number of ether oxygens (including phenoxy) is 1. The van der Waals surface area contributed by atoms with E-state index in [9.17, 15) is 18.3 Å². The van der Waals surface area contributed by atoms with Crippen LogP contribution in [0.3, 0.4) is 0 Å². The number of anilines is 1. The summed E-state index contributed by atoms with van der Waals surface area (Å²) in [5.74, 6) is 0.883. The molecule has 1 saturated heterocycles. The average molecular weight is 423 g/mol. The third-order valence-corrected chi connectivity index (χ3v) is 4.65. The van der Waals surface area contributed by atoms with Crippen LogP contribution in [0.5, 0.6) is 11.6 Å². The number of phenols is 1. The Balaban J connectivity index is 1.53. The van der Waals surface area contributed by atoms with Crippen molar-refractivity contribution in [3.8, 4) is 11.6 Å². The van der Waals surface area contributed by atoms with E-state index in [0.29, 0.717) is 25.6 Å². The minimum Gasteiger partial charge on any atom is -0.506 e. The molecule has 7 nitrogen and oxygen atoms in total. The van der Waals surface area contributed by atoms with E-state index >= 15 is 0 Å². The number of pyridine rings is 1. The first kappa shape index (κ1) is 21.5. The third kappa shape index (κ3) is 5.91. The van der Waals surface area contributed by atoms with Crippen molar-refractivity contribution in [2.75, 3.05) is 44.7 Å². The number of nitrogens with zero attached hydrogens (tertiary/aromatic N) is 4. The summed E-state index contributed by atoms with van der Waals surface area (Å²) in [5, 5.41) is 13.3. The molecule has 2 aromatic rings. The first-order chi connectivity index (χ1) is 14.4. The van der Waals surface area contributed by atoms with Gasteiger partial charge in [-0.1, -0.05) is 12.1 Å². The van der Waals surface area contributed by atoms with Crippen molar-refractivity contribution in [3.05, 3.63) is 48.2 Å². The molecule has 0 aliphatic carbocycles. The Morgan fingerprint density at radius 3 is 2.60 bits per heavy atom. The van der Waals surface area contributed by atoms with Crippen LogP contribution in [-0.4, -0.2) is 67.0 Å². The van der Waals surface area contributed by atoms with E-state index < -0.39 is 12.8 Å². The number of phenolic OH excluding ortho intramolecular Hbond substituents is 1. The van der Waals surface area contributed by atoms with E-state index in [4.69, 9.17) is 4.74 Å². The third-order valence-electron chi connectivity index (χ3n) is 4.65. The second-order valence-electron chi connectivity index (χ2n) is 6.77. The van der Waals surface area contributed by atoms with Crippen molar-refractivity contribution < 1.29 is 23.0 Å². The Hall–Kier alpha value is -3.17. The number of guanidine groups is 1. The molecule has 1 aromatic carbocycles. The summed E-state index contributed by atoms with van der Waals surface area (Å²) in [6.45, 7) is 1.87. The quantitative estimate of drug-likeness (QED) is 0.569. The molecule has 0 spiro atoms. The van der Waals surface area contributed by atoms with E-state index in [-0.39, 0.29) is 11.6 Å². The van der Waals surface area contributed by atoms with E-state index in [1.165, 1.54) is 12.3 Å². The number of aromatic hydroxyl groups is 1. The van der Waals surface area contributed by atoms with Crippen LogP contribution in [-0.2, 0) is 6.54 Å². The molecule has 3 rings (SSSR count). The lowest BCUT2D eigenvalue weighted by Gasteiger charge is -2.37. The first-order valence-electron chi connectivity index (χ1n) is 9.49. The predicted octanol–water partition coefficient (Wildman–Crippen LogP) is 2.63. The van der Waals surface area contributed by atoms with Crippen LogP contribution in [0.2, 0.25) is 0 Å². The molecule has 0 saturated carbocycles. The van der Waals surface area contributed by atoms with Crippen LogP contribution in [0.15, 0.2) is 47.6 Å². The zero-order valence-corrected chi connectivity index (χ0v) is 16.6. The van der Waals surface area contributed by atoms with Crippen molar-refractivity contribution in [3.63, 3.8) is 0 Å². The maximum Gasteiger partial charge on any atom is 0.422 e. The van der Waals surface area contributed by atoms with Crippen LogP contribution in [0, 0.1) is 0 Å². The van der Waals surface area contributed by atoms with E-state index in [0.717, 1.165) is 24.3 Å². The Morgan fingerprint density at radius 2 is 1.93 bits per heavy atom. The second kappa shape index (κ2) is 9.55. The molecule has 1 aliphatic rings. The minimum atomic E-state index is -4.41. The number of alkyl halides is 3. The summed E-state index contributed by atoms with van der Waals surface area (Å²) in [6.07, 6.45) is -2.99. The maximum absolute atomic E-state index is 12.3. The molecule has 0 amide bonds. The molecule has 1 aliphatic heterocycles. The number of halogens is 3. The molecule has 0 bridgehead atoms. The number of rotatable bonds is 5. The van der Waals surface area contributed by atoms with Crippen LogP contribution >= 0.6 is 0 Å². The topological polar surface area (TPSA) is 73.2 Å². The fraction of sp³-hybridized carbons (Fsp3) is 0.400. The molecule has 1 aromatic heterocycles. The van der Waals surface area contributed by atoms with E-state index in [1.54, 1.807) is 25.2 Å². The zero-order chi connectivity index (χ0) is 21.6. The Labute approximate surface area is 172 Å². The van der Waals surface area contributed by atoms with Gasteiger partial charge in [-0.25, -0.2) is 4.98 Å². The van der Waals surface area contributed by atoms with Crippen LogP contribution in [0.4, 0.5) is 18.9 Å². The van der Waals surface area contributed by atoms with Gasteiger partial charge < -0.3 is 25.0 Å². The van der Waals surface area contributed by atoms with Crippen molar-refractivity contribution in [1.82, 2.24) is 15.2 Å². The van der Waals surface area contributed by atoms with Crippen molar-refractivity contribution in [2.45, 2.75) is 12.7 Å². The molecule has 2 N–H and O–H groups in total. The lowest BCUT2D eigenvalue weighted by atomic mass is 10.2. The number of hydrogen-bond acceptors (Lipinski definition) is 5. The van der Waals surface area contributed by atoms with Gasteiger partial charge >= 0.3 is 6.18 Å². The average Bonchev–Trinajstić information content (AvgIpc) is 2.73. The second-order valence-corrected chi connectivity index (χ2v) is 6.77. The van der Waals surface area contributed by atoms with Gasteiger partial charge in [0, 0.05) is 52.0 Å². The smallest absolute Gasteiger partial charge is 0.422 e. The maximum atomic E-state index is 12.3. The minimum absolute atomic E-state index is 0.0714. The number of benzene rings is 1. The molecule has 0 unspecified atom stereocenters. The number of aromatic nitrogens is 1. The highest BCUT2D eigenvalue weighted by atomic mass is 19.4. The standard InChI is InChI=1S/C20H24F3N5O2/c1-24-19(26-13-15-6-7-25-18(12-15)30-14-20(21,22)23)28-10-8-27(9-11-28)16-4-2-3-5-17(16)29/h2-7,12,29H,8-11,13-14H2,1H3,(H,24,26). The highest BCUT2D eigenvalue weighted by Gasteiger charge is 2.28. The van der Waals surface area contributed by atoms with Gasteiger partial charge in [0.05, 0.1) is 5.69 Å². The monoisotopic (exact) mass is 423 g/mol. The summed E-state index contributed by atoms with van der Waals surface area (Å²) in [4.78, 5) is 12.3. The summed E-state index contributed by atoms with van der Waals surface area (Å²) in [6, 6.07) is 10.4. The normalized spacial score (nSPS) is 15.3. The summed E-state index contributed by atoms with van der Waals surface area (Å²) in [5.41, 5.74) is 1.54. The largest absolute Gasteiger partial charge is 0.506 e. The Bertz CT molecular complexity index is 868. The summed E-state index contributed by atoms with van der Waals surface area (Å²) in [7, 11) is 1.68. The molecule has 0 radical (unpaired) electrons. The molecule has 0 atom stereocenters. The number of para-hydroxylation sites is 2. The highest BCUT2D eigenvalue weighted by molar-refractivity contribution is 5.80. The van der Waals surface area contributed by atoms with Crippen molar-refractivity contribution in [1.29, 1.82) is 0 Å². The van der Waals surface area contributed by atoms with Gasteiger partial charge in [0.1, 0.15) is 5.75 Å². The van der Waals surface area contributed by atoms with Crippen LogP contribution < -0.4 is 15.0 Å². The molecule has 2 heterocycles. The highest BCUT2D eigenvalue weighted by Crippen LogP contribution is 2.27. The molecule has 1 fully saturated rings. The van der Waals surface area contributed by atoms with E-state index in [1.807, 2.05) is 12.1 Å². The number of piperazine rings is 1. The SMILES string of the molecule is CN=C(NCc1ccnc(OCC(F)(F)F)c1)N1CCN(c2ccccc2O)CC1. The number of aliphatic imine (C=N–C) groups is 1. The summed E-state index contributed by atoms with van der Waals surface area (Å²) < 4.78 is 41.6. The first-order valence-corrected chi connectivity index (χ1v) is 9.49. The van der Waals surface area contributed by atoms with Gasteiger partial charge in [-0.15, -0.1) is 0 Å². The zero-order valence-electron chi connectivity index (χ0n) is 16.6. The van der Waals surface area contributed by atoms with Gasteiger partial charge in [0.25, 0.3) is 0 Å². The van der Waals surface area contributed by atoms with E-state index in [2.05, 4.69) is 25.1 Å². The Morgan fingerprint density at radius 1 is 1.20 bits per heavy atom. The lowest BCUT2D eigenvalue weighted by Crippen LogP contribution is -2.52. The molecule has 10 heteroatoms. The lowest BCUT2D eigenvalue weighted by molar-refractivity contribution is -0.154. The van der Waals surface area contributed by atoms with Gasteiger partial charge in [-0.2, -0.15) is 13.2 Å². The van der Waals surface area contributed by atoms with Crippen LogP contribution in [0.25, 0.3) is 0 Å². The number of hydrogen-bond donors (Lipinski definition) is 2. The predicted molar refractivity (Wildman–Crippen MR) is 108 cm³/mol. The molecule has 162 valence electrons. The number of nitrogens with one attached hydrogen (secondary N) is 1. The summed E-state index contributed by atoms with van der Waals surface area (Å²) >= 11 is 0.